The minimum absolute atomic E-state index is 1.33. The Morgan fingerprint density at radius 1 is 0.321 bits per heavy atom. The van der Waals surface area contributed by atoms with Crippen LogP contribution in [0.3, 0.4) is 0 Å². The molecule has 312 valence electrons. The summed E-state index contributed by atoms with van der Waals surface area (Å²) in [6.45, 7) is -5.33. The molecule has 0 aliphatic carbocycles. The molecule has 0 unspecified atom stereocenters. The molecule has 0 rings (SSSR count). The van der Waals surface area contributed by atoms with E-state index in [1.54, 1.807) is 0 Å². The quantitative estimate of drug-likeness (QED) is 0.0400. The predicted octanol–water partition coefficient (Wildman–Crippen LogP) is -14.7. The molecular weight excluding hydrogens is 855 g/mol. The Balaban J connectivity index is 7.35. The molecule has 0 aromatic carbocycles. The van der Waals surface area contributed by atoms with E-state index in [-0.39, 0.29) is 0 Å². The first kappa shape index (κ1) is 50.9. The Morgan fingerprint density at radius 2 is 0.472 bits per heavy atom. The Kier molecular flexibility index (Phi) is 22.1. The van der Waals surface area contributed by atoms with E-state index in [1.165, 1.54) is 0 Å². The summed E-state index contributed by atoms with van der Waals surface area (Å²) in [4.78, 5) is 51.7. The number of carbonyl (C=O) groups is 4. The van der Waals surface area contributed by atoms with Gasteiger partial charge >= 0.3 is 302 Å². The van der Waals surface area contributed by atoms with Gasteiger partial charge in [-0.05, 0) is 0 Å². The molecule has 0 aliphatic heterocycles. The molecule has 0 aliphatic rings. The van der Waals surface area contributed by atoms with Crippen molar-refractivity contribution in [2.24, 2.45) is 0 Å². The summed E-state index contributed by atoms with van der Waals surface area (Å²) in [5, 5.41) is 195. The molecule has 28 nitrogen and oxygen atoms in total. The van der Waals surface area contributed by atoms with Gasteiger partial charge in [0.1, 0.15) is 0 Å². The third-order valence-corrected chi connectivity index (χ3v) is 12.0. The molecule has 0 fully saturated rings. The van der Waals surface area contributed by atoms with Crippen molar-refractivity contribution >= 4 is 43.9 Å². The van der Waals surface area contributed by atoms with Crippen molar-refractivity contribution in [1.29, 1.82) is 0 Å². The molecule has 16 atom stereocenters. The molecule has 29 heteroatoms. The first-order valence-electron chi connectivity index (χ1n) is 14.6. The Hall–Kier alpha value is -2.12. The van der Waals surface area contributed by atoms with Gasteiger partial charge in [0.2, 0.25) is 0 Å². The third kappa shape index (κ3) is 14.2. The van der Waals surface area contributed by atoms with Crippen molar-refractivity contribution in [1.82, 2.24) is 0 Å². The van der Waals surface area contributed by atoms with Crippen LogP contribution in [0.5, 0.6) is 0 Å². The van der Waals surface area contributed by atoms with Gasteiger partial charge in [-0.25, -0.2) is 0 Å². The SMILES string of the molecule is O=C([O][Sn]([O]C(=O)[C@H](O)[C@@H](O)[C@H](O)[C@H](O)CO)([O]C(=O)[C@H](O)[C@@H](O)[C@H](O)[C@H](O)CO)[O]C(=O)[C@H](O)[C@@H](O)[C@H](O)[C@H](O)CO)[C@H](O)[C@@H](O)[C@H](O)[C@H](O)CO. The zero-order chi connectivity index (χ0) is 41.7. The summed E-state index contributed by atoms with van der Waals surface area (Å²) in [7, 11) is 0. The van der Waals surface area contributed by atoms with Crippen LogP contribution in [0.15, 0.2) is 0 Å². The fourth-order valence-electron chi connectivity index (χ4n) is 3.51. The van der Waals surface area contributed by atoms with Crippen molar-refractivity contribution in [3.05, 3.63) is 0 Å². The number of aliphatic hydroxyl groups excluding tert-OH is 20. The van der Waals surface area contributed by atoms with E-state index in [1.807, 2.05) is 0 Å². The Labute approximate surface area is 301 Å². The third-order valence-electron chi connectivity index (χ3n) is 6.89. The molecule has 0 aromatic rings. The van der Waals surface area contributed by atoms with Crippen LogP contribution in [0.4, 0.5) is 0 Å². The summed E-state index contributed by atoms with van der Waals surface area (Å²) in [6.07, 6.45) is -44.6. The first-order valence-corrected chi connectivity index (χ1v) is 19.3. The van der Waals surface area contributed by atoms with Gasteiger partial charge in [0, 0.05) is 0 Å². The second-order valence-electron chi connectivity index (χ2n) is 10.9. The molecule has 0 bridgehead atoms. The summed E-state index contributed by atoms with van der Waals surface area (Å²) in [5.74, 6) is -10.1. The zero-order valence-corrected chi connectivity index (χ0v) is 29.6. The fraction of sp³-hybridized carbons (Fsp3) is 0.833. The summed E-state index contributed by atoms with van der Waals surface area (Å²) >= 11 is -8.11. The Bertz CT molecular complexity index is 973. The van der Waals surface area contributed by atoms with Gasteiger partial charge < -0.3 is 0 Å². The average molecular weight is 899 g/mol. The summed E-state index contributed by atoms with van der Waals surface area (Å²) in [5.41, 5.74) is 0. The van der Waals surface area contributed by atoms with E-state index < -0.39 is 168 Å². The molecular formula is C24H44O28Sn. The molecule has 53 heavy (non-hydrogen) atoms. The summed E-state index contributed by atoms with van der Waals surface area (Å²) < 4.78 is 18.1. The van der Waals surface area contributed by atoms with E-state index >= 15 is 0 Å². The molecule has 0 aromatic heterocycles. The standard InChI is InChI=1S/4C6H12O7.Sn/c4*7-1-2(8)3(9)4(10)5(11)6(12)13;/h4*2-5,7-11H,1H2,(H,12,13);/q;;;;+4/p-4/t4*2-,3-,4+,5-;/m1111./s1. The molecule has 0 heterocycles. The number of carbonyl (C=O) groups excluding carboxylic acids is 4. The zero-order valence-electron chi connectivity index (χ0n) is 26.8. The van der Waals surface area contributed by atoms with E-state index in [2.05, 4.69) is 12.3 Å². The number of rotatable bonds is 24. The second kappa shape index (κ2) is 23.1. The topological polar surface area (TPSA) is 510 Å². The maximum absolute atomic E-state index is 12.9. The molecule has 0 amide bonds. The number of aliphatic hydroxyl groups is 20. The van der Waals surface area contributed by atoms with Crippen LogP contribution >= 0.6 is 0 Å². The van der Waals surface area contributed by atoms with Gasteiger partial charge in [-0.15, -0.1) is 0 Å². The normalized spacial score (nSPS) is 21.4. The van der Waals surface area contributed by atoms with Crippen LogP contribution in [-0.4, -0.2) is 270 Å². The van der Waals surface area contributed by atoms with E-state index in [9.17, 15) is 101 Å². The number of hydrogen-bond acceptors (Lipinski definition) is 28. The van der Waals surface area contributed by atoms with Crippen molar-refractivity contribution in [3.8, 4) is 0 Å². The van der Waals surface area contributed by atoms with Crippen LogP contribution in [-0.2, 0) is 31.5 Å². The summed E-state index contributed by atoms with van der Waals surface area (Å²) in [6, 6.07) is 0. The van der Waals surface area contributed by atoms with Crippen molar-refractivity contribution in [2.75, 3.05) is 26.4 Å². The predicted molar refractivity (Wildman–Crippen MR) is 155 cm³/mol. The molecule has 0 spiro atoms. The fourth-order valence-corrected chi connectivity index (χ4v) is 8.41. The van der Waals surface area contributed by atoms with E-state index in [0.717, 1.165) is 0 Å². The molecule has 0 saturated carbocycles. The van der Waals surface area contributed by atoms with Gasteiger partial charge in [-0.2, -0.15) is 0 Å². The van der Waals surface area contributed by atoms with Crippen molar-refractivity contribution in [3.63, 3.8) is 0 Å². The Morgan fingerprint density at radius 3 is 0.604 bits per heavy atom. The maximum atomic E-state index is 12.9. The van der Waals surface area contributed by atoms with E-state index in [4.69, 9.17) is 20.4 Å². The number of hydrogen-bond donors (Lipinski definition) is 20. The van der Waals surface area contributed by atoms with Crippen molar-refractivity contribution < 1.29 is 134 Å². The average Bonchev–Trinajstić information content (AvgIpc) is 3.15. The molecule has 0 radical (unpaired) electrons. The van der Waals surface area contributed by atoms with Crippen LogP contribution in [0.25, 0.3) is 0 Å². The molecule has 20 N–H and O–H groups in total. The van der Waals surface area contributed by atoms with Crippen LogP contribution in [0.1, 0.15) is 0 Å². The first-order chi connectivity index (χ1) is 24.4. The van der Waals surface area contributed by atoms with E-state index in [0.29, 0.717) is 0 Å². The second-order valence-corrected chi connectivity index (χ2v) is 16.1. The minimum atomic E-state index is -8.11. The van der Waals surface area contributed by atoms with Crippen LogP contribution in [0, 0.1) is 0 Å². The van der Waals surface area contributed by atoms with Crippen LogP contribution in [0.2, 0.25) is 0 Å². The van der Waals surface area contributed by atoms with Crippen molar-refractivity contribution in [2.45, 2.75) is 97.7 Å². The van der Waals surface area contributed by atoms with Gasteiger partial charge in [0.15, 0.2) is 0 Å². The monoisotopic (exact) mass is 900 g/mol. The molecule has 0 saturated heterocycles. The van der Waals surface area contributed by atoms with Gasteiger partial charge in [-0.1, -0.05) is 0 Å². The van der Waals surface area contributed by atoms with Gasteiger partial charge in [-0.3, -0.25) is 0 Å². The van der Waals surface area contributed by atoms with Crippen LogP contribution < -0.4 is 0 Å². The van der Waals surface area contributed by atoms with Gasteiger partial charge in [0.25, 0.3) is 0 Å². The van der Waals surface area contributed by atoms with Gasteiger partial charge in [0.05, 0.1) is 0 Å².